The number of oxazole rings is 1. The molecule has 5 nitrogen and oxygen atoms in total. The van der Waals surface area contributed by atoms with E-state index in [1.54, 1.807) is 6.07 Å². The van der Waals surface area contributed by atoms with Crippen LogP contribution in [0, 0.1) is 6.92 Å². The number of hydrogen-bond acceptors (Lipinski definition) is 5. The molecule has 0 amide bonds. The van der Waals surface area contributed by atoms with Gasteiger partial charge in [-0.25, -0.2) is 9.78 Å². The van der Waals surface area contributed by atoms with Gasteiger partial charge < -0.3 is 13.9 Å². The quantitative estimate of drug-likeness (QED) is 0.252. The second-order valence-electron chi connectivity index (χ2n) is 9.29. The number of benzene rings is 3. The Balaban J connectivity index is 1.44. The molecule has 0 bridgehead atoms. The molecule has 0 aliphatic heterocycles. The fourth-order valence-corrected chi connectivity index (χ4v) is 3.88. The van der Waals surface area contributed by atoms with E-state index in [9.17, 15) is 4.79 Å². The maximum Gasteiger partial charge on any atom is 0.339 e. The molecule has 1 heterocycles. The Morgan fingerprint density at radius 2 is 1.74 bits per heavy atom. The molecule has 0 atom stereocenters. The normalized spacial score (nSPS) is 11.3. The Morgan fingerprint density at radius 1 is 1.00 bits per heavy atom. The summed E-state index contributed by atoms with van der Waals surface area (Å²) in [4.78, 5) is 17.2. The van der Waals surface area contributed by atoms with Crippen LogP contribution in [0.15, 0.2) is 77.2 Å². The van der Waals surface area contributed by atoms with Crippen molar-refractivity contribution < 1.29 is 18.7 Å². The Bertz CT molecular complexity index is 1320. The molecule has 0 saturated heterocycles. The van der Waals surface area contributed by atoms with Crippen molar-refractivity contribution in [1.29, 1.82) is 0 Å². The minimum Gasteiger partial charge on any atom is -0.489 e. The number of nitrogens with zero attached hydrogens (tertiary/aromatic N) is 1. The topological polar surface area (TPSA) is 61.6 Å². The van der Waals surface area contributed by atoms with Crippen molar-refractivity contribution in [3.05, 3.63) is 106 Å². The van der Waals surface area contributed by atoms with Crippen LogP contribution in [0.2, 0.25) is 5.02 Å². The van der Waals surface area contributed by atoms with E-state index in [4.69, 9.17) is 25.5 Å². The van der Waals surface area contributed by atoms with Gasteiger partial charge in [0.05, 0.1) is 5.56 Å². The number of carbonyl (C=O) groups excluding carboxylic acids is 1. The summed E-state index contributed by atoms with van der Waals surface area (Å²) in [5.74, 6) is 1.72. The van der Waals surface area contributed by atoms with Gasteiger partial charge in [0.1, 0.15) is 29.4 Å². The molecule has 3 aromatic carbocycles. The molecule has 6 heteroatoms. The number of hydrogen-bond donors (Lipinski definition) is 0. The highest BCUT2D eigenvalue weighted by Gasteiger charge is 2.20. The van der Waals surface area contributed by atoms with Crippen molar-refractivity contribution in [3.8, 4) is 17.0 Å². The minimum atomic E-state index is -0.561. The summed E-state index contributed by atoms with van der Waals surface area (Å²) < 4.78 is 17.4. The summed E-state index contributed by atoms with van der Waals surface area (Å²) in [6, 6.07) is 22.7. The zero-order valence-corrected chi connectivity index (χ0v) is 21.1. The van der Waals surface area contributed by atoms with Gasteiger partial charge in [0, 0.05) is 22.6 Å². The first kappa shape index (κ1) is 24.6. The lowest BCUT2D eigenvalue weighted by Crippen LogP contribution is -2.24. The Labute approximate surface area is 210 Å². The van der Waals surface area contributed by atoms with Gasteiger partial charge in [-0.05, 0) is 75.7 Å². The van der Waals surface area contributed by atoms with E-state index in [1.165, 1.54) is 0 Å². The molecule has 0 radical (unpaired) electrons. The Morgan fingerprint density at radius 3 is 2.46 bits per heavy atom. The Hall–Kier alpha value is -3.57. The van der Waals surface area contributed by atoms with Crippen LogP contribution in [0.5, 0.6) is 5.75 Å². The average molecular weight is 490 g/mol. The van der Waals surface area contributed by atoms with Crippen LogP contribution in [-0.4, -0.2) is 16.6 Å². The average Bonchev–Trinajstić information content (AvgIpc) is 3.17. The molecule has 0 saturated carbocycles. The lowest BCUT2D eigenvalue weighted by Gasteiger charge is -2.20. The molecule has 4 aromatic rings. The first-order valence-electron chi connectivity index (χ1n) is 11.4. The van der Waals surface area contributed by atoms with Gasteiger partial charge in [0.2, 0.25) is 0 Å². The van der Waals surface area contributed by atoms with Gasteiger partial charge >= 0.3 is 5.97 Å². The fourth-order valence-electron chi connectivity index (χ4n) is 3.66. The van der Waals surface area contributed by atoms with E-state index >= 15 is 0 Å². The maximum atomic E-state index is 12.6. The molecule has 0 unspecified atom stereocenters. The second-order valence-corrected chi connectivity index (χ2v) is 9.73. The van der Waals surface area contributed by atoms with Crippen molar-refractivity contribution >= 4 is 17.6 Å². The molecular formula is C29H28ClNO4. The number of carbonyl (C=O) groups is 1. The lowest BCUT2D eigenvalue weighted by atomic mass is 10.1. The summed E-state index contributed by atoms with van der Waals surface area (Å²) >= 11 is 6.09. The van der Waals surface area contributed by atoms with E-state index in [-0.39, 0.29) is 12.6 Å². The number of rotatable bonds is 7. The number of aromatic nitrogens is 1. The summed E-state index contributed by atoms with van der Waals surface area (Å²) in [6.45, 7) is 7.70. The van der Waals surface area contributed by atoms with Gasteiger partial charge in [-0.15, -0.1) is 0 Å². The molecule has 180 valence electrons. The van der Waals surface area contributed by atoms with E-state index in [1.807, 2.05) is 94.4 Å². The van der Waals surface area contributed by atoms with Crippen molar-refractivity contribution in [3.63, 3.8) is 0 Å². The number of halogens is 1. The molecule has 35 heavy (non-hydrogen) atoms. The number of esters is 1. The van der Waals surface area contributed by atoms with Crippen LogP contribution in [0.3, 0.4) is 0 Å². The van der Waals surface area contributed by atoms with E-state index < -0.39 is 5.60 Å². The molecule has 0 spiro atoms. The summed E-state index contributed by atoms with van der Waals surface area (Å²) in [5.41, 5.74) is 3.48. The van der Waals surface area contributed by atoms with Crippen molar-refractivity contribution in [2.45, 2.75) is 46.3 Å². The maximum absolute atomic E-state index is 12.6. The highest BCUT2D eigenvalue weighted by Crippen LogP contribution is 2.27. The zero-order chi connectivity index (χ0) is 25.0. The molecule has 0 aliphatic rings. The molecule has 0 N–H and O–H groups in total. The van der Waals surface area contributed by atoms with Crippen LogP contribution in [0.4, 0.5) is 0 Å². The number of aryl methyl sites for hydroxylation is 1. The van der Waals surface area contributed by atoms with Crippen LogP contribution < -0.4 is 4.74 Å². The third kappa shape index (κ3) is 6.52. The molecule has 0 fully saturated rings. The summed E-state index contributed by atoms with van der Waals surface area (Å²) in [6.07, 6.45) is 0.569. The van der Waals surface area contributed by atoms with Gasteiger partial charge in [-0.1, -0.05) is 41.9 Å². The predicted molar refractivity (Wildman–Crippen MR) is 137 cm³/mol. The standard InChI is InChI=1S/C29H28ClNO4/c1-19-27(31-26(34-19)17-20-8-7-10-23(30)16-20)21-12-14-24(15-13-21)33-18-22-9-5-6-11-25(22)28(32)35-29(2,3)4/h5-16H,17-18H2,1-4H3. The minimum absolute atomic E-state index is 0.252. The van der Waals surface area contributed by atoms with E-state index in [0.29, 0.717) is 28.6 Å². The third-order valence-electron chi connectivity index (χ3n) is 5.24. The first-order valence-corrected chi connectivity index (χ1v) is 11.8. The fraction of sp³-hybridized carbons (Fsp3) is 0.241. The first-order chi connectivity index (χ1) is 16.7. The molecule has 4 rings (SSSR count). The SMILES string of the molecule is Cc1oc(Cc2cccc(Cl)c2)nc1-c1ccc(OCc2ccccc2C(=O)OC(C)(C)C)cc1. The highest BCUT2D eigenvalue weighted by atomic mass is 35.5. The highest BCUT2D eigenvalue weighted by molar-refractivity contribution is 6.30. The monoisotopic (exact) mass is 489 g/mol. The smallest absolute Gasteiger partial charge is 0.339 e. The van der Waals surface area contributed by atoms with Gasteiger partial charge in [-0.3, -0.25) is 0 Å². The predicted octanol–water partition coefficient (Wildman–Crippen LogP) is 7.43. The third-order valence-corrected chi connectivity index (χ3v) is 5.48. The van der Waals surface area contributed by atoms with E-state index in [0.717, 1.165) is 28.1 Å². The largest absolute Gasteiger partial charge is 0.489 e. The van der Waals surface area contributed by atoms with Crippen molar-refractivity contribution in [1.82, 2.24) is 4.98 Å². The van der Waals surface area contributed by atoms with Gasteiger partial charge in [0.15, 0.2) is 5.89 Å². The molecule has 0 aliphatic carbocycles. The van der Waals surface area contributed by atoms with Crippen LogP contribution in [0.1, 0.15) is 53.9 Å². The van der Waals surface area contributed by atoms with Crippen LogP contribution >= 0.6 is 11.6 Å². The van der Waals surface area contributed by atoms with Gasteiger partial charge in [0.25, 0.3) is 0 Å². The van der Waals surface area contributed by atoms with Crippen molar-refractivity contribution in [2.75, 3.05) is 0 Å². The molecule has 1 aromatic heterocycles. The van der Waals surface area contributed by atoms with Crippen LogP contribution in [0.25, 0.3) is 11.3 Å². The van der Waals surface area contributed by atoms with Crippen molar-refractivity contribution in [2.24, 2.45) is 0 Å². The van der Waals surface area contributed by atoms with Crippen LogP contribution in [-0.2, 0) is 17.8 Å². The Kier molecular flexibility index (Phi) is 7.27. The van der Waals surface area contributed by atoms with E-state index in [2.05, 4.69) is 4.98 Å². The second kappa shape index (κ2) is 10.4. The summed E-state index contributed by atoms with van der Waals surface area (Å²) in [5, 5.41) is 0.690. The summed E-state index contributed by atoms with van der Waals surface area (Å²) in [7, 11) is 0. The molecular weight excluding hydrogens is 462 g/mol. The number of ether oxygens (including phenoxy) is 2. The van der Waals surface area contributed by atoms with Gasteiger partial charge in [-0.2, -0.15) is 0 Å². The zero-order valence-electron chi connectivity index (χ0n) is 20.3. The lowest BCUT2D eigenvalue weighted by molar-refractivity contribution is 0.00670.